The van der Waals surface area contributed by atoms with Gasteiger partial charge in [-0.3, -0.25) is 0 Å². The minimum atomic E-state index is -0.536. The summed E-state index contributed by atoms with van der Waals surface area (Å²) in [6, 6.07) is 6.76. The lowest BCUT2D eigenvalue weighted by Gasteiger charge is -2.09. The quantitative estimate of drug-likeness (QED) is 0.794. The molecule has 8 heteroatoms. The van der Waals surface area contributed by atoms with Crippen LogP contribution < -0.4 is 10.5 Å². The highest BCUT2D eigenvalue weighted by Crippen LogP contribution is 2.34. The summed E-state index contributed by atoms with van der Waals surface area (Å²) < 4.78 is 10.6. The first-order valence-electron chi connectivity index (χ1n) is 6.54. The van der Waals surface area contributed by atoms with Gasteiger partial charge in [0.15, 0.2) is 0 Å². The number of nitrogens with zero attached hydrogens (tertiary/aromatic N) is 1. The summed E-state index contributed by atoms with van der Waals surface area (Å²) in [4.78, 5) is 12.2. The molecule has 0 radical (unpaired) electrons. The number of rotatable bonds is 5. The van der Waals surface area contributed by atoms with Crippen LogP contribution in [0.3, 0.4) is 0 Å². The number of thiophene rings is 1. The number of hydrogen-bond donors (Lipinski definition) is 1. The minimum Gasteiger partial charge on any atom is -0.487 e. The van der Waals surface area contributed by atoms with E-state index in [4.69, 9.17) is 38.4 Å². The number of nitrogens with two attached hydrogens (primary N) is 1. The highest BCUT2D eigenvalue weighted by atomic mass is 35.5. The van der Waals surface area contributed by atoms with Crippen LogP contribution in [0.4, 0.5) is 5.00 Å². The molecule has 0 saturated heterocycles. The number of halogens is 2. The molecule has 23 heavy (non-hydrogen) atoms. The van der Waals surface area contributed by atoms with Gasteiger partial charge in [-0.2, -0.15) is 5.26 Å². The standard InChI is InChI=1S/C15H12Cl2N2O3S/c1-2-21-15(20)13-10(9(6-18)14(19)23-13)7-22-12-4-3-8(16)5-11(12)17/h3-5H,2,7,19H2,1H3. The van der Waals surface area contributed by atoms with Crippen molar-refractivity contribution in [3.05, 3.63) is 44.2 Å². The van der Waals surface area contributed by atoms with E-state index in [1.54, 1.807) is 19.1 Å². The molecule has 2 N–H and O–H groups in total. The van der Waals surface area contributed by atoms with Crippen molar-refractivity contribution in [3.63, 3.8) is 0 Å². The van der Waals surface area contributed by atoms with Gasteiger partial charge in [0.1, 0.15) is 28.3 Å². The van der Waals surface area contributed by atoms with Crippen LogP contribution in [0.25, 0.3) is 0 Å². The van der Waals surface area contributed by atoms with Crippen LogP contribution in [0.2, 0.25) is 10.0 Å². The summed E-state index contributed by atoms with van der Waals surface area (Å²) in [5.41, 5.74) is 6.39. The first-order chi connectivity index (χ1) is 11.0. The van der Waals surface area contributed by atoms with Crippen molar-refractivity contribution in [2.75, 3.05) is 12.3 Å². The molecule has 1 aromatic carbocycles. The molecule has 0 saturated carbocycles. The van der Waals surface area contributed by atoms with Gasteiger partial charge in [0, 0.05) is 10.6 Å². The van der Waals surface area contributed by atoms with Crippen molar-refractivity contribution in [3.8, 4) is 11.8 Å². The summed E-state index contributed by atoms with van der Waals surface area (Å²) in [6.45, 7) is 1.89. The number of esters is 1. The van der Waals surface area contributed by atoms with Gasteiger partial charge in [-0.15, -0.1) is 11.3 Å². The van der Waals surface area contributed by atoms with Gasteiger partial charge in [-0.05, 0) is 25.1 Å². The molecule has 0 amide bonds. The predicted molar refractivity (Wildman–Crippen MR) is 90.2 cm³/mol. The second kappa shape index (κ2) is 7.55. The number of anilines is 1. The zero-order valence-corrected chi connectivity index (χ0v) is 14.4. The van der Waals surface area contributed by atoms with E-state index in [0.717, 1.165) is 11.3 Å². The molecule has 120 valence electrons. The van der Waals surface area contributed by atoms with E-state index in [2.05, 4.69) is 0 Å². The topological polar surface area (TPSA) is 85.3 Å². The SMILES string of the molecule is CCOC(=O)c1sc(N)c(C#N)c1COc1ccc(Cl)cc1Cl. The van der Waals surface area contributed by atoms with Crippen LogP contribution in [0.5, 0.6) is 5.75 Å². The van der Waals surface area contributed by atoms with E-state index in [-0.39, 0.29) is 28.7 Å². The van der Waals surface area contributed by atoms with Crippen LogP contribution in [0.1, 0.15) is 27.7 Å². The molecule has 1 aromatic heterocycles. The normalized spacial score (nSPS) is 10.2. The van der Waals surface area contributed by atoms with Crippen molar-refractivity contribution in [2.24, 2.45) is 0 Å². The summed E-state index contributed by atoms with van der Waals surface area (Å²) in [6.07, 6.45) is 0. The monoisotopic (exact) mass is 370 g/mol. The van der Waals surface area contributed by atoms with Gasteiger partial charge < -0.3 is 15.2 Å². The first-order valence-corrected chi connectivity index (χ1v) is 8.11. The Morgan fingerprint density at radius 1 is 1.43 bits per heavy atom. The molecule has 0 aliphatic heterocycles. The molecule has 0 fully saturated rings. The van der Waals surface area contributed by atoms with E-state index in [0.29, 0.717) is 21.4 Å². The fourth-order valence-corrected chi connectivity index (χ4v) is 3.23. The zero-order chi connectivity index (χ0) is 17.0. The van der Waals surface area contributed by atoms with Crippen LogP contribution >= 0.6 is 34.5 Å². The van der Waals surface area contributed by atoms with Gasteiger partial charge in [-0.1, -0.05) is 23.2 Å². The molecule has 2 aromatic rings. The van der Waals surface area contributed by atoms with Crippen LogP contribution in [-0.2, 0) is 11.3 Å². The largest absolute Gasteiger partial charge is 0.487 e. The van der Waals surface area contributed by atoms with Crippen LogP contribution in [0.15, 0.2) is 18.2 Å². The Kier molecular flexibility index (Phi) is 5.72. The third-order valence-electron chi connectivity index (χ3n) is 2.87. The Hall–Kier alpha value is -1.94. The number of nitriles is 1. The Morgan fingerprint density at radius 2 is 2.17 bits per heavy atom. The smallest absolute Gasteiger partial charge is 0.348 e. The van der Waals surface area contributed by atoms with Crippen LogP contribution in [-0.4, -0.2) is 12.6 Å². The highest BCUT2D eigenvalue weighted by molar-refractivity contribution is 7.18. The fraction of sp³-hybridized carbons (Fsp3) is 0.200. The number of carbonyl (C=O) groups excluding carboxylic acids is 1. The van der Waals surface area contributed by atoms with E-state index in [9.17, 15) is 10.1 Å². The van der Waals surface area contributed by atoms with Gasteiger partial charge in [0.05, 0.1) is 17.2 Å². The minimum absolute atomic E-state index is 0.0356. The molecule has 5 nitrogen and oxygen atoms in total. The maximum absolute atomic E-state index is 12.0. The molecular weight excluding hydrogens is 359 g/mol. The van der Waals surface area contributed by atoms with Crippen molar-refractivity contribution >= 4 is 45.5 Å². The fourth-order valence-electron chi connectivity index (χ4n) is 1.85. The Morgan fingerprint density at radius 3 is 2.78 bits per heavy atom. The average Bonchev–Trinajstić information content (AvgIpc) is 2.82. The third kappa shape index (κ3) is 3.88. The van der Waals surface area contributed by atoms with Gasteiger partial charge >= 0.3 is 5.97 Å². The summed E-state index contributed by atoms with van der Waals surface area (Å²) >= 11 is 12.9. The number of ether oxygens (including phenoxy) is 2. The summed E-state index contributed by atoms with van der Waals surface area (Å²) in [7, 11) is 0. The highest BCUT2D eigenvalue weighted by Gasteiger charge is 2.23. The number of nitrogen functional groups attached to an aromatic ring is 1. The Balaban J connectivity index is 2.31. The lowest BCUT2D eigenvalue weighted by atomic mass is 10.1. The molecule has 0 atom stereocenters. The first kappa shape index (κ1) is 17.4. The maximum atomic E-state index is 12.0. The number of carbonyl (C=O) groups is 1. The molecule has 0 aliphatic rings. The van der Waals surface area contributed by atoms with E-state index < -0.39 is 5.97 Å². The molecule has 0 aliphatic carbocycles. The molecule has 1 heterocycles. The van der Waals surface area contributed by atoms with Crippen molar-refractivity contribution in [1.29, 1.82) is 5.26 Å². The summed E-state index contributed by atoms with van der Waals surface area (Å²) in [5, 5.41) is 10.3. The van der Waals surface area contributed by atoms with E-state index in [1.165, 1.54) is 6.07 Å². The van der Waals surface area contributed by atoms with Crippen molar-refractivity contribution in [1.82, 2.24) is 0 Å². The molecule has 0 bridgehead atoms. The van der Waals surface area contributed by atoms with Crippen molar-refractivity contribution in [2.45, 2.75) is 13.5 Å². The second-order valence-corrected chi connectivity index (χ2v) is 6.24. The average molecular weight is 371 g/mol. The second-order valence-electron chi connectivity index (χ2n) is 4.34. The Bertz CT molecular complexity index is 784. The van der Waals surface area contributed by atoms with Crippen LogP contribution in [0, 0.1) is 11.3 Å². The number of hydrogen-bond acceptors (Lipinski definition) is 6. The molecule has 2 rings (SSSR count). The van der Waals surface area contributed by atoms with Gasteiger partial charge in [-0.25, -0.2) is 4.79 Å². The van der Waals surface area contributed by atoms with Gasteiger partial charge in [0.25, 0.3) is 0 Å². The van der Waals surface area contributed by atoms with E-state index >= 15 is 0 Å². The maximum Gasteiger partial charge on any atom is 0.348 e. The molecule has 0 spiro atoms. The van der Waals surface area contributed by atoms with Crippen molar-refractivity contribution < 1.29 is 14.3 Å². The predicted octanol–water partition coefficient (Wildman–Crippen LogP) is 4.26. The zero-order valence-electron chi connectivity index (χ0n) is 12.1. The lowest BCUT2D eigenvalue weighted by Crippen LogP contribution is -2.08. The Labute approximate surface area is 147 Å². The molecular formula is C15H12Cl2N2O3S. The summed E-state index contributed by atoms with van der Waals surface area (Å²) in [5.74, 6) is -0.147. The van der Waals surface area contributed by atoms with E-state index in [1.807, 2.05) is 6.07 Å². The van der Waals surface area contributed by atoms with Gasteiger partial charge in [0.2, 0.25) is 0 Å². The number of benzene rings is 1. The molecule has 0 unspecified atom stereocenters. The third-order valence-corrected chi connectivity index (χ3v) is 4.44. The lowest BCUT2D eigenvalue weighted by molar-refractivity contribution is 0.0529.